The molecular weight excluding hydrogens is 258 g/mol. The molecule has 0 saturated carbocycles. The van der Waals surface area contributed by atoms with Crippen LogP contribution in [-0.2, 0) is 17.1 Å². The van der Waals surface area contributed by atoms with Gasteiger partial charge in [0.1, 0.15) is 0 Å². The second kappa shape index (κ2) is 5.83. The third-order valence-electron chi connectivity index (χ3n) is 2.08. The van der Waals surface area contributed by atoms with E-state index >= 15 is 0 Å². The minimum absolute atomic E-state index is 0.175. The van der Waals surface area contributed by atoms with E-state index in [9.17, 15) is 13.2 Å². The van der Waals surface area contributed by atoms with Crippen molar-refractivity contribution in [1.82, 2.24) is 19.8 Å². The molecule has 0 atom stereocenters. The number of nitrogens with zero attached hydrogens (tertiary/aromatic N) is 2. The zero-order valence-electron chi connectivity index (χ0n) is 10.3. The van der Waals surface area contributed by atoms with Crippen molar-refractivity contribution in [2.75, 3.05) is 25.1 Å². The number of rotatable bonds is 6. The van der Waals surface area contributed by atoms with Gasteiger partial charge in [-0.05, 0) is 6.42 Å². The molecule has 0 bridgehead atoms. The van der Waals surface area contributed by atoms with Crippen molar-refractivity contribution in [3.63, 3.8) is 0 Å². The second-order valence-electron chi connectivity index (χ2n) is 3.88. The molecule has 9 heteroatoms. The van der Waals surface area contributed by atoms with E-state index in [1.54, 1.807) is 13.2 Å². The number of aryl methyl sites for hydroxylation is 1. The lowest BCUT2D eigenvalue weighted by molar-refractivity contribution is 0.0948. The zero-order valence-corrected chi connectivity index (χ0v) is 11.1. The lowest BCUT2D eigenvalue weighted by Crippen LogP contribution is -2.30. The highest BCUT2D eigenvalue weighted by Gasteiger charge is 2.12. The maximum absolute atomic E-state index is 11.6. The number of nitrogen functional groups attached to an aromatic ring is 1. The Labute approximate surface area is 106 Å². The topological polar surface area (TPSA) is 119 Å². The smallest absolute Gasteiger partial charge is 0.273 e. The second-order valence-corrected chi connectivity index (χ2v) is 5.72. The fourth-order valence-corrected chi connectivity index (χ4v) is 1.83. The maximum atomic E-state index is 11.6. The van der Waals surface area contributed by atoms with Gasteiger partial charge in [-0.3, -0.25) is 9.48 Å². The van der Waals surface area contributed by atoms with Gasteiger partial charge < -0.3 is 11.1 Å². The van der Waals surface area contributed by atoms with Crippen LogP contribution in [0.25, 0.3) is 0 Å². The third-order valence-corrected chi connectivity index (χ3v) is 2.80. The van der Waals surface area contributed by atoms with Gasteiger partial charge in [0, 0.05) is 26.3 Å². The van der Waals surface area contributed by atoms with Gasteiger partial charge in [-0.2, -0.15) is 5.10 Å². The summed E-state index contributed by atoms with van der Waals surface area (Å²) in [6.45, 7) is 0.619. The summed E-state index contributed by atoms with van der Waals surface area (Å²) in [6, 6.07) is 0. The Morgan fingerprint density at radius 3 is 2.67 bits per heavy atom. The number of hydrogen-bond donors (Lipinski definition) is 3. The van der Waals surface area contributed by atoms with Gasteiger partial charge >= 0.3 is 0 Å². The first kappa shape index (κ1) is 14.5. The van der Waals surface area contributed by atoms with E-state index < -0.39 is 10.0 Å². The van der Waals surface area contributed by atoms with Crippen LogP contribution in [0.15, 0.2) is 6.20 Å². The molecule has 1 rings (SSSR count). The first-order chi connectivity index (χ1) is 8.29. The number of carbonyl (C=O) groups excluding carboxylic acids is 1. The van der Waals surface area contributed by atoms with Crippen LogP contribution < -0.4 is 15.8 Å². The van der Waals surface area contributed by atoms with Gasteiger partial charge in [0.25, 0.3) is 5.91 Å². The van der Waals surface area contributed by atoms with Gasteiger partial charge in [0.2, 0.25) is 10.0 Å². The molecule has 0 aliphatic heterocycles. The van der Waals surface area contributed by atoms with Crippen LogP contribution in [0.4, 0.5) is 5.69 Å². The summed E-state index contributed by atoms with van der Waals surface area (Å²) in [4.78, 5) is 11.6. The zero-order chi connectivity index (χ0) is 13.8. The number of sulfonamides is 1. The Morgan fingerprint density at radius 2 is 2.17 bits per heavy atom. The van der Waals surface area contributed by atoms with E-state index in [2.05, 4.69) is 15.1 Å². The molecule has 1 aromatic heterocycles. The number of anilines is 1. The largest absolute Gasteiger partial charge is 0.396 e. The van der Waals surface area contributed by atoms with E-state index in [4.69, 9.17) is 5.73 Å². The fourth-order valence-electron chi connectivity index (χ4n) is 1.31. The van der Waals surface area contributed by atoms with Crippen LogP contribution in [0.2, 0.25) is 0 Å². The number of nitrogens with one attached hydrogen (secondary N) is 2. The van der Waals surface area contributed by atoms with Crippen molar-refractivity contribution in [2.24, 2.45) is 7.05 Å². The van der Waals surface area contributed by atoms with E-state index in [-0.39, 0.29) is 18.1 Å². The molecule has 1 heterocycles. The number of aromatic nitrogens is 2. The summed E-state index contributed by atoms with van der Waals surface area (Å²) < 4.78 is 25.3. The minimum atomic E-state index is -3.18. The highest BCUT2D eigenvalue weighted by atomic mass is 32.2. The molecule has 0 aliphatic rings. The Balaban J connectivity index is 2.32. The summed E-state index contributed by atoms with van der Waals surface area (Å²) in [7, 11) is -1.51. The van der Waals surface area contributed by atoms with Gasteiger partial charge in [0.05, 0.1) is 11.9 Å². The Bertz CT molecular complexity index is 522. The van der Waals surface area contributed by atoms with Crippen molar-refractivity contribution in [1.29, 1.82) is 0 Å². The van der Waals surface area contributed by atoms with Crippen molar-refractivity contribution < 1.29 is 13.2 Å². The molecule has 0 aromatic carbocycles. The number of nitrogens with two attached hydrogens (primary N) is 1. The molecular formula is C9H17N5O3S. The molecule has 0 saturated heterocycles. The molecule has 18 heavy (non-hydrogen) atoms. The van der Waals surface area contributed by atoms with Gasteiger partial charge in [-0.25, -0.2) is 13.1 Å². The summed E-state index contributed by atoms with van der Waals surface area (Å²) >= 11 is 0. The van der Waals surface area contributed by atoms with E-state index in [0.717, 1.165) is 6.26 Å². The Morgan fingerprint density at radius 1 is 1.50 bits per heavy atom. The van der Waals surface area contributed by atoms with Crippen LogP contribution in [0.5, 0.6) is 0 Å². The van der Waals surface area contributed by atoms with Crippen LogP contribution in [-0.4, -0.2) is 43.5 Å². The van der Waals surface area contributed by atoms with Gasteiger partial charge in [-0.1, -0.05) is 0 Å². The van der Waals surface area contributed by atoms with Crippen molar-refractivity contribution in [3.05, 3.63) is 11.9 Å². The quantitative estimate of drug-likeness (QED) is 0.556. The number of carbonyl (C=O) groups is 1. The maximum Gasteiger partial charge on any atom is 0.273 e. The highest BCUT2D eigenvalue weighted by molar-refractivity contribution is 7.88. The minimum Gasteiger partial charge on any atom is -0.396 e. The molecule has 0 unspecified atom stereocenters. The lowest BCUT2D eigenvalue weighted by Gasteiger charge is -2.04. The summed E-state index contributed by atoms with van der Waals surface area (Å²) in [6.07, 6.45) is 3.12. The first-order valence-corrected chi connectivity index (χ1v) is 7.20. The van der Waals surface area contributed by atoms with Gasteiger partial charge in [0.15, 0.2) is 5.69 Å². The van der Waals surface area contributed by atoms with Crippen LogP contribution in [0, 0.1) is 0 Å². The molecule has 4 N–H and O–H groups in total. The van der Waals surface area contributed by atoms with Crippen LogP contribution in [0.3, 0.4) is 0 Å². The number of hydrogen-bond acceptors (Lipinski definition) is 5. The predicted octanol–water partition coefficient (Wildman–Crippen LogP) is -1.33. The molecule has 0 radical (unpaired) electrons. The Kier molecular flexibility index (Phi) is 4.68. The number of amides is 1. The average molecular weight is 275 g/mol. The van der Waals surface area contributed by atoms with Crippen LogP contribution in [0.1, 0.15) is 16.9 Å². The van der Waals surface area contributed by atoms with Gasteiger partial charge in [-0.15, -0.1) is 0 Å². The first-order valence-electron chi connectivity index (χ1n) is 5.31. The third kappa shape index (κ3) is 4.72. The van der Waals surface area contributed by atoms with Crippen molar-refractivity contribution >= 4 is 21.6 Å². The summed E-state index contributed by atoms with van der Waals surface area (Å²) in [5.41, 5.74) is 6.08. The molecule has 102 valence electrons. The summed E-state index contributed by atoms with van der Waals surface area (Å²) in [5, 5.41) is 6.53. The monoisotopic (exact) mass is 275 g/mol. The Hall–Kier alpha value is -1.61. The predicted molar refractivity (Wildman–Crippen MR) is 67.4 cm³/mol. The lowest BCUT2D eigenvalue weighted by atomic mass is 10.3. The summed E-state index contributed by atoms with van der Waals surface area (Å²) in [5.74, 6) is -0.368. The van der Waals surface area contributed by atoms with E-state index in [1.165, 1.54) is 4.68 Å². The van der Waals surface area contributed by atoms with Crippen molar-refractivity contribution in [3.8, 4) is 0 Å². The molecule has 0 aliphatic carbocycles. The van der Waals surface area contributed by atoms with Crippen LogP contribution >= 0.6 is 0 Å². The molecule has 0 spiro atoms. The molecule has 8 nitrogen and oxygen atoms in total. The SMILES string of the molecule is Cn1cc(N)c(C(=O)NCCCNS(C)(=O)=O)n1. The molecule has 0 fully saturated rings. The molecule has 1 aromatic rings. The highest BCUT2D eigenvalue weighted by Crippen LogP contribution is 2.07. The van der Waals surface area contributed by atoms with E-state index in [1.807, 2.05) is 0 Å². The normalized spacial score (nSPS) is 11.4. The average Bonchev–Trinajstić information content (AvgIpc) is 2.55. The fraction of sp³-hybridized carbons (Fsp3) is 0.556. The molecule has 1 amide bonds. The van der Waals surface area contributed by atoms with E-state index in [0.29, 0.717) is 18.7 Å². The standard InChI is InChI=1S/C9H17N5O3S/c1-14-6-7(10)8(13-14)9(15)11-4-3-5-12-18(2,16)17/h6,12H,3-5,10H2,1-2H3,(H,11,15). The van der Waals surface area contributed by atoms with Crippen molar-refractivity contribution in [2.45, 2.75) is 6.42 Å².